The molecule has 18 heavy (non-hydrogen) atoms. The lowest BCUT2D eigenvalue weighted by Crippen LogP contribution is -2.15. The van der Waals surface area contributed by atoms with E-state index in [9.17, 15) is 9.18 Å². The summed E-state index contributed by atoms with van der Waals surface area (Å²) in [6.07, 6.45) is -0.192. The highest BCUT2D eigenvalue weighted by molar-refractivity contribution is 7.18. The summed E-state index contributed by atoms with van der Waals surface area (Å²) in [7, 11) is 2.49. The average molecular weight is 268 g/mol. The summed E-state index contributed by atoms with van der Waals surface area (Å²) >= 11 is 0. The number of hydrogen-bond donors (Lipinski definition) is 0. The minimum absolute atomic E-state index is 0.00859. The van der Waals surface area contributed by atoms with Gasteiger partial charge in [-0.1, -0.05) is 37.3 Å². The Morgan fingerprint density at radius 3 is 2.61 bits per heavy atom. The van der Waals surface area contributed by atoms with Gasteiger partial charge in [-0.15, -0.1) is 9.24 Å². The summed E-state index contributed by atoms with van der Waals surface area (Å²) in [5.74, 6) is -0.466. The van der Waals surface area contributed by atoms with Gasteiger partial charge in [-0.2, -0.15) is 0 Å². The zero-order valence-corrected chi connectivity index (χ0v) is 11.5. The molecule has 0 spiro atoms. The van der Waals surface area contributed by atoms with Gasteiger partial charge in [0.1, 0.15) is 12.8 Å². The van der Waals surface area contributed by atoms with Crippen LogP contribution in [0.4, 0.5) is 4.39 Å². The Morgan fingerprint density at radius 2 is 2.06 bits per heavy atom. The Labute approximate surface area is 109 Å². The van der Waals surface area contributed by atoms with Crippen LogP contribution in [-0.2, 0) is 16.1 Å². The number of hydrogen-bond acceptors (Lipinski definition) is 2. The van der Waals surface area contributed by atoms with Gasteiger partial charge in [0.05, 0.1) is 5.92 Å². The van der Waals surface area contributed by atoms with Crippen molar-refractivity contribution < 1.29 is 13.9 Å². The first-order valence-electron chi connectivity index (χ1n) is 6.20. The third kappa shape index (κ3) is 3.29. The smallest absolute Gasteiger partial charge is 0.308 e. The molecule has 1 aliphatic carbocycles. The predicted molar refractivity (Wildman–Crippen MR) is 71.9 cm³/mol. The molecule has 0 aromatic heterocycles. The van der Waals surface area contributed by atoms with Crippen molar-refractivity contribution in [3.05, 3.63) is 35.9 Å². The van der Waals surface area contributed by atoms with Crippen LogP contribution in [0.3, 0.4) is 0 Å². The Balaban J connectivity index is 1.74. The van der Waals surface area contributed by atoms with Gasteiger partial charge in [0.2, 0.25) is 0 Å². The molecule has 0 amide bonds. The van der Waals surface area contributed by atoms with Crippen LogP contribution < -0.4 is 0 Å². The van der Waals surface area contributed by atoms with Crippen molar-refractivity contribution in [2.75, 3.05) is 0 Å². The van der Waals surface area contributed by atoms with Crippen molar-refractivity contribution in [3.63, 3.8) is 0 Å². The fourth-order valence-corrected chi connectivity index (χ4v) is 2.55. The lowest BCUT2D eigenvalue weighted by Gasteiger charge is -2.11. The van der Waals surface area contributed by atoms with Crippen LogP contribution in [0, 0.1) is 11.8 Å². The molecule has 1 saturated carbocycles. The molecule has 0 aliphatic heterocycles. The third-order valence-corrected chi connectivity index (χ3v) is 4.24. The van der Waals surface area contributed by atoms with Gasteiger partial charge in [0, 0.05) is 11.6 Å². The van der Waals surface area contributed by atoms with E-state index in [0.717, 1.165) is 5.56 Å². The Morgan fingerprint density at radius 1 is 1.44 bits per heavy atom. The molecule has 2 nitrogen and oxygen atoms in total. The number of benzene rings is 1. The molecular weight excluding hydrogens is 250 g/mol. The van der Waals surface area contributed by atoms with Crippen molar-refractivity contribution in [1.29, 1.82) is 0 Å². The molecular formula is C14H18FO2P. The Kier molecular flexibility index (Phi) is 4.34. The Bertz CT molecular complexity index is 402. The Hall–Kier alpha value is -0.950. The summed E-state index contributed by atoms with van der Waals surface area (Å²) in [4.78, 5) is 11.7. The second-order valence-corrected chi connectivity index (χ2v) is 5.69. The maximum atomic E-state index is 13.1. The third-order valence-electron chi connectivity index (χ3n) is 3.38. The fourth-order valence-electron chi connectivity index (χ4n) is 2.02. The molecule has 2 rings (SSSR count). The monoisotopic (exact) mass is 268 g/mol. The minimum Gasteiger partial charge on any atom is -0.461 e. The molecule has 1 fully saturated rings. The first-order valence-corrected chi connectivity index (χ1v) is 6.86. The van der Waals surface area contributed by atoms with Crippen LogP contribution in [0.2, 0.25) is 0 Å². The molecule has 0 saturated heterocycles. The van der Waals surface area contributed by atoms with E-state index in [1.165, 1.54) is 0 Å². The standard InChI is InChI=1S/C14H18FO2P/c1-9(7-11-12(15)13(11)18)14(16)17-8-10-5-3-2-4-6-10/h2-6,9,11-13H,7-8,18H2,1H3/t9?,11-,12?,13?/m0/s1. The van der Waals surface area contributed by atoms with Crippen molar-refractivity contribution in [2.45, 2.75) is 31.8 Å². The van der Waals surface area contributed by atoms with E-state index < -0.39 is 6.17 Å². The van der Waals surface area contributed by atoms with Gasteiger partial charge in [0.25, 0.3) is 0 Å². The second-order valence-electron chi connectivity index (χ2n) is 4.92. The molecule has 1 aromatic carbocycles. The topological polar surface area (TPSA) is 26.3 Å². The summed E-state index contributed by atoms with van der Waals surface area (Å²) in [6, 6.07) is 9.55. The molecule has 0 N–H and O–H groups in total. The molecule has 1 aliphatic rings. The second kappa shape index (κ2) is 5.79. The van der Waals surface area contributed by atoms with Crippen molar-refractivity contribution in [2.24, 2.45) is 11.8 Å². The molecule has 5 atom stereocenters. The largest absolute Gasteiger partial charge is 0.461 e. The molecule has 1 aromatic rings. The van der Waals surface area contributed by atoms with E-state index >= 15 is 0 Å². The predicted octanol–water partition coefficient (Wildman–Crippen LogP) is 2.97. The van der Waals surface area contributed by atoms with E-state index in [-0.39, 0.29) is 30.1 Å². The summed E-state index contributed by atoms with van der Waals surface area (Å²) in [6.45, 7) is 2.09. The van der Waals surface area contributed by atoms with E-state index in [4.69, 9.17) is 4.74 Å². The molecule has 4 unspecified atom stereocenters. The van der Waals surface area contributed by atoms with Crippen LogP contribution in [-0.4, -0.2) is 17.8 Å². The maximum Gasteiger partial charge on any atom is 0.308 e. The molecule has 0 heterocycles. The van der Waals surface area contributed by atoms with E-state index in [1.807, 2.05) is 30.3 Å². The lowest BCUT2D eigenvalue weighted by atomic mass is 10.1. The highest BCUT2D eigenvalue weighted by Gasteiger charge is 2.48. The number of alkyl halides is 1. The highest BCUT2D eigenvalue weighted by atomic mass is 31.0. The number of carbonyl (C=O) groups excluding carboxylic acids is 1. The number of ether oxygens (including phenoxy) is 1. The van der Waals surface area contributed by atoms with Crippen LogP contribution in [0.5, 0.6) is 0 Å². The maximum absolute atomic E-state index is 13.1. The molecule has 0 bridgehead atoms. The van der Waals surface area contributed by atoms with E-state index in [1.54, 1.807) is 6.92 Å². The van der Waals surface area contributed by atoms with Crippen molar-refractivity contribution in [3.8, 4) is 0 Å². The van der Waals surface area contributed by atoms with Gasteiger partial charge in [0.15, 0.2) is 0 Å². The van der Waals surface area contributed by atoms with Crippen LogP contribution in [0.1, 0.15) is 18.9 Å². The van der Waals surface area contributed by atoms with Crippen LogP contribution >= 0.6 is 9.24 Å². The fraction of sp³-hybridized carbons (Fsp3) is 0.500. The molecule has 4 heteroatoms. The molecule has 0 radical (unpaired) electrons. The zero-order chi connectivity index (χ0) is 13.1. The van der Waals surface area contributed by atoms with Gasteiger partial charge >= 0.3 is 5.97 Å². The summed E-state index contributed by atoms with van der Waals surface area (Å²) in [5.41, 5.74) is 0.992. The van der Waals surface area contributed by atoms with Gasteiger partial charge < -0.3 is 4.74 Å². The van der Waals surface area contributed by atoms with Crippen LogP contribution in [0.15, 0.2) is 30.3 Å². The number of halogens is 1. The number of carbonyl (C=O) groups is 1. The van der Waals surface area contributed by atoms with E-state index in [2.05, 4.69) is 9.24 Å². The summed E-state index contributed by atoms with van der Waals surface area (Å²) in [5, 5.41) is 0. The van der Waals surface area contributed by atoms with E-state index in [0.29, 0.717) is 6.42 Å². The molecule has 98 valence electrons. The van der Waals surface area contributed by atoms with Gasteiger partial charge in [-0.05, 0) is 12.0 Å². The first kappa shape index (κ1) is 13.5. The summed E-state index contributed by atoms with van der Waals surface area (Å²) < 4.78 is 18.3. The highest BCUT2D eigenvalue weighted by Crippen LogP contribution is 2.45. The zero-order valence-electron chi connectivity index (χ0n) is 10.4. The first-order chi connectivity index (χ1) is 8.59. The van der Waals surface area contributed by atoms with Crippen molar-refractivity contribution >= 4 is 15.2 Å². The quantitative estimate of drug-likeness (QED) is 0.606. The number of esters is 1. The van der Waals surface area contributed by atoms with Gasteiger partial charge in [-0.25, -0.2) is 4.39 Å². The normalized spacial score (nSPS) is 27.6. The SMILES string of the molecule is CC(C[C@H]1C(F)C1P)C(=O)OCc1ccccc1. The average Bonchev–Trinajstić information content (AvgIpc) is 2.95. The lowest BCUT2D eigenvalue weighted by molar-refractivity contribution is -0.149. The minimum atomic E-state index is -0.764. The number of rotatable bonds is 5. The van der Waals surface area contributed by atoms with Gasteiger partial charge in [-0.3, -0.25) is 4.79 Å². The van der Waals surface area contributed by atoms with Crippen molar-refractivity contribution in [1.82, 2.24) is 0 Å². The van der Waals surface area contributed by atoms with Crippen LogP contribution in [0.25, 0.3) is 0 Å².